The Balaban J connectivity index is 2.17. The molecule has 1 fully saturated rings. The maximum absolute atomic E-state index is 12.3. The van der Waals surface area contributed by atoms with Gasteiger partial charge in [0.05, 0.1) is 16.7 Å². The van der Waals surface area contributed by atoms with Gasteiger partial charge in [-0.15, -0.1) is 0 Å². The van der Waals surface area contributed by atoms with E-state index < -0.39 is 5.54 Å². The van der Waals surface area contributed by atoms with Crippen LogP contribution in [0.2, 0.25) is 5.02 Å². The van der Waals surface area contributed by atoms with Crippen molar-refractivity contribution < 1.29 is 4.79 Å². The Morgan fingerprint density at radius 3 is 2.42 bits per heavy atom. The van der Waals surface area contributed by atoms with Crippen LogP contribution in [0.25, 0.3) is 0 Å². The number of hydrogen-bond acceptors (Lipinski definition) is 2. The molecule has 0 bridgehead atoms. The Kier molecular flexibility index (Phi) is 4.44. The van der Waals surface area contributed by atoms with Crippen LogP contribution in [0.15, 0.2) is 24.3 Å². The van der Waals surface area contributed by atoms with Crippen molar-refractivity contribution in [2.75, 3.05) is 0 Å². The van der Waals surface area contributed by atoms with Crippen LogP contribution in [-0.2, 0) is 0 Å². The molecule has 0 radical (unpaired) electrons. The SMILES string of the molecule is N#CC1(NC(=O)c2ccccc2Cl)CCCCCC1. The number of nitriles is 1. The molecule has 1 amide bonds. The number of amides is 1. The van der Waals surface area contributed by atoms with Gasteiger partial charge < -0.3 is 5.32 Å². The molecule has 0 atom stereocenters. The molecule has 0 spiro atoms. The number of carbonyl (C=O) groups is 1. The van der Waals surface area contributed by atoms with E-state index in [4.69, 9.17) is 11.6 Å². The summed E-state index contributed by atoms with van der Waals surface area (Å²) in [5.41, 5.74) is -0.296. The smallest absolute Gasteiger partial charge is 0.254 e. The highest BCUT2D eigenvalue weighted by atomic mass is 35.5. The Bertz CT molecular complexity index is 499. The third kappa shape index (κ3) is 3.27. The molecule has 1 aliphatic rings. The van der Waals surface area contributed by atoms with Gasteiger partial charge in [-0.25, -0.2) is 0 Å². The maximum atomic E-state index is 12.3. The van der Waals surface area contributed by atoms with Gasteiger partial charge in [-0.3, -0.25) is 4.79 Å². The molecule has 0 aromatic heterocycles. The average Bonchev–Trinajstić information content (AvgIpc) is 2.65. The molecule has 3 nitrogen and oxygen atoms in total. The number of nitrogens with one attached hydrogen (secondary N) is 1. The zero-order valence-electron chi connectivity index (χ0n) is 10.8. The van der Waals surface area contributed by atoms with Gasteiger partial charge >= 0.3 is 0 Å². The van der Waals surface area contributed by atoms with Crippen molar-refractivity contribution in [3.63, 3.8) is 0 Å². The van der Waals surface area contributed by atoms with Crippen LogP contribution in [0.5, 0.6) is 0 Å². The van der Waals surface area contributed by atoms with E-state index in [1.54, 1.807) is 24.3 Å². The van der Waals surface area contributed by atoms with Gasteiger partial charge in [0, 0.05) is 0 Å². The van der Waals surface area contributed by atoms with Crippen LogP contribution >= 0.6 is 11.6 Å². The molecule has 0 unspecified atom stereocenters. The van der Waals surface area contributed by atoms with Gasteiger partial charge in [-0.05, 0) is 25.0 Å². The van der Waals surface area contributed by atoms with Gasteiger partial charge in [0.25, 0.3) is 5.91 Å². The van der Waals surface area contributed by atoms with Crippen molar-refractivity contribution in [2.24, 2.45) is 0 Å². The van der Waals surface area contributed by atoms with Crippen LogP contribution < -0.4 is 5.32 Å². The molecule has 4 heteroatoms. The largest absolute Gasteiger partial charge is 0.334 e. The number of rotatable bonds is 2. The molecule has 1 aliphatic carbocycles. The number of halogens is 1. The second kappa shape index (κ2) is 6.08. The second-order valence-electron chi connectivity index (χ2n) is 5.04. The summed E-state index contributed by atoms with van der Waals surface area (Å²) in [6.45, 7) is 0. The topological polar surface area (TPSA) is 52.9 Å². The summed E-state index contributed by atoms with van der Waals surface area (Å²) in [7, 11) is 0. The monoisotopic (exact) mass is 276 g/mol. The molecule has 1 aromatic carbocycles. The Morgan fingerprint density at radius 1 is 1.21 bits per heavy atom. The Morgan fingerprint density at radius 2 is 1.84 bits per heavy atom. The Labute approximate surface area is 118 Å². The number of carbonyl (C=O) groups excluding carboxylic acids is 1. The highest BCUT2D eigenvalue weighted by Gasteiger charge is 2.33. The Hall–Kier alpha value is -1.53. The zero-order chi connectivity index (χ0) is 13.7. The lowest BCUT2D eigenvalue weighted by Crippen LogP contribution is -2.47. The summed E-state index contributed by atoms with van der Waals surface area (Å²) in [4.78, 5) is 12.3. The van der Waals surface area contributed by atoms with Crippen molar-refractivity contribution in [1.82, 2.24) is 5.32 Å². The van der Waals surface area contributed by atoms with Crippen molar-refractivity contribution in [3.8, 4) is 6.07 Å². The molecule has 0 aliphatic heterocycles. The van der Waals surface area contributed by atoms with Crippen LogP contribution in [0.1, 0.15) is 48.9 Å². The van der Waals surface area contributed by atoms with E-state index in [0.29, 0.717) is 10.6 Å². The fourth-order valence-corrected chi connectivity index (χ4v) is 2.75. The van der Waals surface area contributed by atoms with Crippen LogP contribution in [0.3, 0.4) is 0 Å². The zero-order valence-corrected chi connectivity index (χ0v) is 11.5. The van der Waals surface area contributed by atoms with Crippen LogP contribution in [-0.4, -0.2) is 11.4 Å². The highest BCUT2D eigenvalue weighted by molar-refractivity contribution is 6.33. The van der Waals surface area contributed by atoms with Crippen LogP contribution in [0.4, 0.5) is 0 Å². The summed E-state index contributed by atoms with van der Waals surface area (Å²) in [5, 5.41) is 12.7. The first-order valence-corrected chi connectivity index (χ1v) is 7.03. The minimum Gasteiger partial charge on any atom is -0.334 e. The van der Waals surface area contributed by atoms with Crippen molar-refractivity contribution in [2.45, 2.75) is 44.1 Å². The molecule has 0 saturated heterocycles. The van der Waals surface area contributed by atoms with Crippen molar-refractivity contribution >= 4 is 17.5 Å². The van der Waals surface area contributed by atoms with Gasteiger partial charge in [0.1, 0.15) is 5.54 Å². The van der Waals surface area contributed by atoms with E-state index in [1.165, 1.54) is 0 Å². The molecule has 0 heterocycles. The summed E-state index contributed by atoms with van der Waals surface area (Å²) >= 11 is 6.01. The third-order valence-corrected chi connectivity index (χ3v) is 3.97. The predicted octanol–water partition coefficient (Wildman–Crippen LogP) is 3.69. The van der Waals surface area contributed by atoms with Gasteiger partial charge in [0.2, 0.25) is 0 Å². The minimum absolute atomic E-state index is 0.256. The lowest BCUT2D eigenvalue weighted by atomic mass is 9.91. The van der Waals surface area contributed by atoms with Gasteiger partial charge in [-0.1, -0.05) is 49.4 Å². The molecule has 19 heavy (non-hydrogen) atoms. The van der Waals surface area contributed by atoms with Crippen molar-refractivity contribution in [1.29, 1.82) is 5.26 Å². The minimum atomic E-state index is -0.729. The normalized spacial score (nSPS) is 18.1. The molecular weight excluding hydrogens is 260 g/mol. The van der Waals surface area contributed by atoms with Gasteiger partial charge in [0.15, 0.2) is 0 Å². The quantitative estimate of drug-likeness (QED) is 0.838. The predicted molar refractivity (Wildman–Crippen MR) is 75.0 cm³/mol. The average molecular weight is 277 g/mol. The first-order chi connectivity index (χ1) is 9.17. The second-order valence-corrected chi connectivity index (χ2v) is 5.45. The van der Waals surface area contributed by atoms with E-state index in [2.05, 4.69) is 11.4 Å². The van der Waals surface area contributed by atoms with E-state index in [9.17, 15) is 10.1 Å². The summed E-state index contributed by atoms with van der Waals surface area (Å²) < 4.78 is 0. The van der Waals surface area contributed by atoms with E-state index in [-0.39, 0.29) is 5.91 Å². The number of nitrogens with zero attached hydrogens (tertiary/aromatic N) is 1. The lowest BCUT2D eigenvalue weighted by molar-refractivity contribution is 0.0913. The molecule has 100 valence electrons. The molecule has 1 aromatic rings. The number of hydrogen-bond donors (Lipinski definition) is 1. The van der Waals surface area contributed by atoms with E-state index in [1.807, 2.05) is 0 Å². The molecular formula is C15H17ClN2O. The number of benzene rings is 1. The fourth-order valence-electron chi connectivity index (χ4n) is 2.53. The molecule has 1 N–H and O–H groups in total. The lowest BCUT2D eigenvalue weighted by Gasteiger charge is -2.26. The van der Waals surface area contributed by atoms with Gasteiger partial charge in [-0.2, -0.15) is 5.26 Å². The highest BCUT2D eigenvalue weighted by Crippen LogP contribution is 2.27. The standard InChI is InChI=1S/C15H17ClN2O/c16-13-8-4-3-7-12(13)14(19)18-15(11-17)9-5-1-2-6-10-15/h3-4,7-8H,1-2,5-6,9-10H2,(H,18,19). The summed E-state index contributed by atoms with van der Waals surface area (Å²) in [6, 6.07) is 9.22. The van der Waals surface area contributed by atoms with E-state index in [0.717, 1.165) is 38.5 Å². The maximum Gasteiger partial charge on any atom is 0.254 e. The van der Waals surface area contributed by atoms with Crippen molar-refractivity contribution in [3.05, 3.63) is 34.9 Å². The first-order valence-electron chi connectivity index (χ1n) is 6.65. The van der Waals surface area contributed by atoms with E-state index >= 15 is 0 Å². The fraction of sp³-hybridized carbons (Fsp3) is 0.467. The third-order valence-electron chi connectivity index (χ3n) is 3.64. The molecule has 2 rings (SSSR count). The van der Waals surface area contributed by atoms with Crippen LogP contribution in [0, 0.1) is 11.3 Å². The summed E-state index contributed by atoms with van der Waals surface area (Å²) in [5.74, 6) is -0.256. The first kappa shape index (κ1) is 13.9. The summed E-state index contributed by atoms with van der Waals surface area (Å²) in [6.07, 6.45) is 5.67. The molecule has 1 saturated carbocycles.